The van der Waals surface area contributed by atoms with Gasteiger partial charge in [-0.2, -0.15) is 0 Å². The van der Waals surface area contributed by atoms with Crippen LogP contribution in [-0.2, 0) is 0 Å². The summed E-state index contributed by atoms with van der Waals surface area (Å²) >= 11 is 0. The molecule has 1 atom stereocenters. The first kappa shape index (κ1) is 15.0. The SMILES string of the molecule is CC(C)CC(CC(C)C)N1CCCC(CN)C1. The molecule has 0 amide bonds. The minimum Gasteiger partial charge on any atom is -0.330 e. The maximum atomic E-state index is 5.84. The third-order valence-electron chi connectivity index (χ3n) is 3.89. The van der Waals surface area contributed by atoms with Gasteiger partial charge in [-0.1, -0.05) is 27.7 Å². The van der Waals surface area contributed by atoms with Gasteiger partial charge < -0.3 is 10.6 Å². The summed E-state index contributed by atoms with van der Waals surface area (Å²) in [6, 6.07) is 0.782. The number of hydrogen-bond donors (Lipinski definition) is 1. The average Bonchev–Trinajstić information content (AvgIpc) is 2.27. The van der Waals surface area contributed by atoms with E-state index in [1.54, 1.807) is 0 Å². The Morgan fingerprint density at radius 2 is 1.71 bits per heavy atom. The minimum absolute atomic E-state index is 0.741. The van der Waals surface area contributed by atoms with Crippen molar-refractivity contribution in [1.82, 2.24) is 4.90 Å². The Balaban J connectivity index is 2.54. The van der Waals surface area contributed by atoms with Gasteiger partial charge in [0.1, 0.15) is 0 Å². The van der Waals surface area contributed by atoms with E-state index in [0.717, 1.165) is 30.3 Å². The Labute approximate surface area is 108 Å². The van der Waals surface area contributed by atoms with Crippen molar-refractivity contribution < 1.29 is 0 Å². The normalized spacial score (nSPS) is 22.9. The predicted molar refractivity (Wildman–Crippen MR) is 76.0 cm³/mol. The van der Waals surface area contributed by atoms with Gasteiger partial charge in [-0.25, -0.2) is 0 Å². The van der Waals surface area contributed by atoms with Crippen LogP contribution in [0.3, 0.4) is 0 Å². The molecule has 0 saturated carbocycles. The molecule has 2 N–H and O–H groups in total. The van der Waals surface area contributed by atoms with E-state index in [1.807, 2.05) is 0 Å². The fraction of sp³-hybridized carbons (Fsp3) is 1.00. The molecule has 0 aromatic carbocycles. The first-order valence-corrected chi connectivity index (χ1v) is 7.47. The molecule has 2 heteroatoms. The zero-order valence-corrected chi connectivity index (χ0v) is 12.3. The number of nitrogens with two attached hydrogens (primary N) is 1. The standard InChI is InChI=1S/C15H32N2/c1-12(2)8-15(9-13(3)4)17-7-5-6-14(10-16)11-17/h12-15H,5-11,16H2,1-4H3. The molecule has 0 bridgehead atoms. The van der Waals surface area contributed by atoms with Crippen LogP contribution >= 0.6 is 0 Å². The van der Waals surface area contributed by atoms with E-state index in [0.29, 0.717) is 0 Å². The zero-order valence-electron chi connectivity index (χ0n) is 12.3. The molecule has 1 aliphatic rings. The Hall–Kier alpha value is -0.0800. The Bertz CT molecular complexity index is 191. The summed E-state index contributed by atoms with van der Waals surface area (Å²) in [5.74, 6) is 2.35. The van der Waals surface area contributed by atoms with Crippen LogP contribution in [0.25, 0.3) is 0 Å². The highest BCUT2D eigenvalue weighted by molar-refractivity contribution is 4.81. The average molecular weight is 240 g/mol. The molecule has 0 aliphatic carbocycles. The summed E-state index contributed by atoms with van der Waals surface area (Å²) in [7, 11) is 0. The first-order chi connectivity index (χ1) is 8.02. The Morgan fingerprint density at radius 1 is 1.12 bits per heavy atom. The molecule has 17 heavy (non-hydrogen) atoms. The molecule has 102 valence electrons. The molecule has 0 aromatic heterocycles. The summed E-state index contributed by atoms with van der Waals surface area (Å²) in [6.45, 7) is 12.8. The summed E-state index contributed by atoms with van der Waals surface area (Å²) in [5, 5.41) is 0. The van der Waals surface area contributed by atoms with E-state index in [4.69, 9.17) is 5.73 Å². The summed E-state index contributed by atoms with van der Waals surface area (Å²) in [6.07, 6.45) is 5.36. The van der Waals surface area contributed by atoms with Crippen molar-refractivity contribution in [1.29, 1.82) is 0 Å². The van der Waals surface area contributed by atoms with Crippen LogP contribution in [0, 0.1) is 17.8 Å². The number of rotatable bonds is 6. The van der Waals surface area contributed by atoms with Gasteiger partial charge in [-0.3, -0.25) is 0 Å². The third-order valence-corrected chi connectivity index (χ3v) is 3.89. The minimum atomic E-state index is 0.741. The van der Waals surface area contributed by atoms with E-state index in [1.165, 1.54) is 38.8 Å². The van der Waals surface area contributed by atoms with Crippen molar-refractivity contribution in [2.75, 3.05) is 19.6 Å². The molecular formula is C15H32N2. The van der Waals surface area contributed by atoms with Gasteiger partial charge in [0, 0.05) is 12.6 Å². The Kier molecular flexibility index (Phi) is 6.50. The lowest BCUT2D eigenvalue weighted by Crippen LogP contribution is -2.45. The highest BCUT2D eigenvalue weighted by Crippen LogP contribution is 2.24. The molecule has 1 saturated heterocycles. The molecule has 1 fully saturated rings. The summed E-state index contributed by atoms with van der Waals surface area (Å²) in [4.78, 5) is 2.72. The number of hydrogen-bond acceptors (Lipinski definition) is 2. The second-order valence-electron chi connectivity index (χ2n) is 6.65. The summed E-state index contributed by atoms with van der Waals surface area (Å²) in [5.41, 5.74) is 5.84. The van der Waals surface area contributed by atoms with Crippen molar-refractivity contribution in [3.05, 3.63) is 0 Å². The molecular weight excluding hydrogens is 208 g/mol. The predicted octanol–water partition coefficient (Wildman–Crippen LogP) is 3.12. The largest absolute Gasteiger partial charge is 0.330 e. The van der Waals surface area contributed by atoms with Crippen LogP contribution in [-0.4, -0.2) is 30.6 Å². The quantitative estimate of drug-likeness (QED) is 0.773. The maximum Gasteiger partial charge on any atom is 0.0100 e. The smallest absolute Gasteiger partial charge is 0.0100 e. The van der Waals surface area contributed by atoms with Crippen LogP contribution in [0.5, 0.6) is 0 Å². The van der Waals surface area contributed by atoms with Crippen molar-refractivity contribution in [2.24, 2.45) is 23.5 Å². The molecule has 1 unspecified atom stereocenters. The molecule has 1 heterocycles. The Morgan fingerprint density at radius 3 is 2.18 bits per heavy atom. The van der Waals surface area contributed by atoms with Crippen molar-refractivity contribution >= 4 is 0 Å². The lowest BCUT2D eigenvalue weighted by Gasteiger charge is -2.39. The second-order valence-corrected chi connectivity index (χ2v) is 6.65. The van der Waals surface area contributed by atoms with Gasteiger partial charge in [0.15, 0.2) is 0 Å². The molecule has 0 radical (unpaired) electrons. The van der Waals surface area contributed by atoms with E-state index in [9.17, 15) is 0 Å². The fourth-order valence-corrected chi connectivity index (χ4v) is 3.10. The summed E-state index contributed by atoms with van der Waals surface area (Å²) < 4.78 is 0. The van der Waals surface area contributed by atoms with Gasteiger partial charge in [0.05, 0.1) is 0 Å². The van der Waals surface area contributed by atoms with E-state index in [2.05, 4.69) is 32.6 Å². The van der Waals surface area contributed by atoms with Gasteiger partial charge in [0.25, 0.3) is 0 Å². The third kappa shape index (κ3) is 5.39. The van der Waals surface area contributed by atoms with Crippen LogP contribution in [0.4, 0.5) is 0 Å². The number of nitrogens with zero attached hydrogens (tertiary/aromatic N) is 1. The molecule has 0 aromatic rings. The second kappa shape index (κ2) is 7.38. The van der Waals surface area contributed by atoms with E-state index >= 15 is 0 Å². The van der Waals surface area contributed by atoms with E-state index in [-0.39, 0.29) is 0 Å². The van der Waals surface area contributed by atoms with E-state index < -0.39 is 0 Å². The van der Waals surface area contributed by atoms with Crippen LogP contribution < -0.4 is 5.73 Å². The molecule has 1 aliphatic heterocycles. The zero-order chi connectivity index (χ0) is 12.8. The van der Waals surface area contributed by atoms with Crippen molar-refractivity contribution in [3.63, 3.8) is 0 Å². The van der Waals surface area contributed by atoms with Gasteiger partial charge >= 0.3 is 0 Å². The molecule has 1 rings (SSSR count). The number of likely N-dealkylation sites (tertiary alicyclic amines) is 1. The van der Waals surface area contributed by atoms with Crippen LogP contribution in [0.15, 0.2) is 0 Å². The molecule has 2 nitrogen and oxygen atoms in total. The monoisotopic (exact) mass is 240 g/mol. The fourth-order valence-electron chi connectivity index (χ4n) is 3.10. The number of piperidine rings is 1. The first-order valence-electron chi connectivity index (χ1n) is 7.47. The topological polar surface area (TPSA) is 29.3 Å². The van der Waals surface area contributed by atoms with Crippen molar-refractivity contribution in [3.8, 4) is 0 Å². The van der Waals surface area contributed by atoms with Gasteiger partial charge in [-0.15, -0.1) is 0 Å². The highest BCUT2D eigenvalue weighted by atomic mass is 15.2. The molecule has 0 spiro atoms. The van der Waals surface area contributed by atoms with Crippen molar-refractivity contribution in [2.45, 2.75) is 59.4 Å². The van der Waals surface area contributed by atoms with Crippen LogP contribution in [0.2, 0.25) is 0 Å². The van der Waals surface area contributed by atoms with Crippen LogP contribution in [0.1, 0.15) is 53.4 Å². The maximum absolute atomic E-state index is 5.84. The lowest BCUT2D eigenvalue weighted by atomic mass is 9.90. The highest BCUT2D eigenvalue weighted by Gasteiger charge is 2.26. The lowest BCUT2D eigenvalue weighted by molar-refractivity contribution is 0.0981. The van der Waals surface area contributed by atoms with Gasteiger partial charge in [0.2, 0.25) is 0 Å². The van der Waals surface area contributed by atoms with Gasteiger partial charge in [-0.05, 0) is 56.5 Å².